The fraction of sp³-hybridized carbons (Fsp3) is 0.667. The van der Waals surface area contributed by atoms with Crippen LogP contribution in [0, 0.1) is 0 Å². The van der Waals surface area contributed by atoms with Crippen molar-refractivity contribution in [1.82, 2.24) is 24.6 Å². The third-order valence-electron chi connectivity index (χ3n) is 5.29. The summed E-state index contributed by atoms with van der Waals surface area (Å²) >= 11 is 1.75. The van der Waals surface area contributed by atoms with E-state index in [1.165, 1.54) is 17.7 Å². The molecule has 2 atom stereocenters. The fourth-order valence-electron chi connectivity index (χ4n) is 3.78. The Balaban J connectivity index is 1.36. The number of nitrogens with zero attached hydrogens (tertiary/aromatic N) is 5. The maximum Gasteiger partial charge on any atom is 0.146 e. The second kappa shape index (κ2) is 7.13. The number of likely N-dealkylation sites (tertiary alicyclic amines) is 1. The van der Waals surface area contributed by atoms with E-state index >= 15 is 0 Å². The van der Waals surface area contributed by atoms with E-state index < -0.39 is 6.17 Å². The highest BCUT2D eigenvalue weighted by Gasteiger charge is 2.33. The zero-order valence-corrected chi connectivity index (χ0v) is 15.8. The van der Waals surface area contributed by atoms with Gasteiger partial charge in [-0.1, -0.05) is 6.07 Å². The maximum absolute atomic E-state index is 14.0. The van der Waals surface area contributed by atoms with Crippen LogP contribution in [0.15, 0.2) is 17.5 Å². The van der Waals surface area contributed by atoms with Crippen LogP contribution in [-0.4, -0.2) is 56.9 Å². The molecule has 1 aliphatic carbocycles. The second-order valence-electron chi connectivity index (χ2n) is 7.50. The summed E-state index contributed by atoms with van der Waals surface area (Å²) in [6.45, 7) is 3.02. The molecule has 0 radical (unpaired) electrons. The summed E-state index contributed by atoms with van der Waals surface area (Å²) < 4.78 is 16.2. The number of aromatic nitrogens is 3. The molecule has 0 spiro atoms. The van der Waals surface area contributed by atoms with E-state index in [9.17, 15) is 4.39 Å². The van der Waals surface area contributed by atoms with Crippen LogP contribution in [0.2, 0.25) is 0 Å². The van der Waals surface area contributed by atoms with Crippen molar-refractivity contribution in [2.75, 3.05) is 20.1 Å². The first-order valence-electron chi connectivity index (χ1n) is 9.07. The van der Waals surface area contributed by atoms with Crippen LogP contribution in [0.5, 0.6) is 0 Å². The highest BCUT2D eigenvalue weighted by atomic mass is 32.1. The van der Waals surface area contributed by atoms with Crippen molar-refractivity contribution in [3.05, 3.63) is 34.0 Å². The lowest BCUT2D eigenvalue weighted by Crippen LogP contribution is -2.38. The third-order valence-corrected chi connectivity index (χ3v) is 6.15. The molecule has 0 unspecified atom stereocenters. The normalized spacial score (nSPS) is 24.5. The van der Waals surface area contributed by atoms with E-state index in [2.05, 4.69) is 56.2 Å². The summed E-state index contributed by atoms with van der Waals surface area (Å²) in [5.74, 6) is 2.73. The highest BCUT2D eigenvalue weighted by molar-refractivity contribution is 7.09. The lowest BCUT2D eigenvalue weighted by atomic mass is 10.2. The van der Waals surface area contributed by atoms with Gasteiger partial charge in [0.05, 0.1) is 6.54 Å². The molecule has 2 aromatic heterocycles. The van der Waals surface area contributed by atoms with Gasteiger partial charge in [0, 0.05) is 43.5 Å². The number of halogens is 1. The van der Waals surface area contributed by atoms with E-state index in [1.54, 1.807) is 11.3 Å². The number of thiophene rings is 1. The van der Waals surface area contributed by atoms with E-state index in [4.69, 9.17) is 0 Å². The summed E-state index contributed by atoms with van der Waals surface area (Å²) in [5, 5.41) is 10.8. The van der Waals surface area contributed by atoms with Crippen molar-refractivity contribution in [3.8, 4) is 0 Å². The standard InChI is InChI=1S/C18H26FN5S/c1-22(12-17-20-21-18(23(17)2)13-5-6-13)10-15-8-14(19)9-24(15)11-16-4-3-7-25-16/h3-4,7,13-15H,5-6,8-12H2,1-2H3/t14-,15-/m0/s1. The quantitative estimate of drug-likeness (QED) is 0.758. The van der Waals surface area contributed by atoms with Gasteiger partial charge in [-0.15, -0.1) is 21.5 Å². The van der Waals surface area contributed by atoms with Crippen molar-refractivity contribution < 1.29 is 4.39 Å². The SMILES string of the molecule is CN(Cc1nnc(C2CC2)n1C)C[C@@H]1C[C@H](F)CN1Cc1cccs1. The highest BCUT2D eigenvalue weighted by Crippen LogP contribution is 2.38. The predicted octanol–water partition coefficient (Wildman–Crippen LogP) is 2.80. The van der Waals surface area contributed by atoms with Gasteiger partial charge < -0.3 is 4.57 Å². The average molecular weight is 364 g/mol. The van der Waals surface area contributed by atoms with Gasteiger partial charge in [0.15, 0.2) is 0 Å². The number of alkyl halides is 1. The Morgan fingerprint density at radius 2 is 2.20 bits per heavy atom. The molecule has 1 saturated carbocycles. The van der Waals surface area contributed by atoms with Crippen LogP contribution >= 0.6 is 11.3 Å². The molecule has 5 nitrogen and oxygen atoms in total. The summed E-state index contributed by atoms with van der Waals surface area (Å²) in [6.07, 6.45) is 2.38. The van der Waals surface area contributed by atoms with Gasteiger partial charge in [-0.2, -0.15) is 0 Å². The van der Waals surface area contributed by atoms with Crippen molar-refractivity contribution in [2.24, 2.45) is 7.05 Å². The average Bonchev–Trinajstić information content (AvgIpc) is 2.99. The van der Waals surface area contributed by atoms with Crippen LogP contribution in [0.3, 0.4) is 0 Å². The second-order valence-corrected chi connectivity index (χ2v) is 8.53. The van der Waals surface area contributed by atoms with E-state index in [1.807, 2.05) is 0 Å². The van der Waals surface area contributed by atoms with E-state index in [-0.39, 0.29) is 6.04 Å². The fourth-order valence-corrected chi connectivity index (χ4v) is 4.51. The van der Waals surface area contributed by atoms with Crippen LogP contribution < -0.4 is 0 Å². The first-order chi connectivity index (χ1) is 12.1. The smallest absolute Gasteiger partial charge is 0.146 e. The molecule has 7 heteroatoms. The Kier molecular flexibility index (Phi) is 4.88. The Morgan fingerprint density at radius 3 is 2.92 bits per heavy atom. The lowest BCUT2D eigenvalue weighted by molar-refractivity contribution is 0.179. The summed E-state index contributed by atoms with van der Waals surface area (Å²) in [5.41, 5.74) is 0. The molecule has 1 saturated heterocycles. The van der Waals surface area contributed by atoms with Gasteiger partial charge >= 0.3 is 0 Å². The molecule has 3 heterocycles. The minimum absolute atomic E-state index is 0.262. The van der Waals surface area contributed by atoms with Gasteiger partial charge in [-0.05, 0) is 37.8 Å². The number of likely N-dealkylation sites (N-methyl/N-ethyl adjacent to an activating group) is 1. The van der Waals surface area contributed by atoms with Gasteiger partial charge in [-0.3, -0.25) is 9.80 Å². The van der Waals surface area contributed by atoms with E-state index in [0.717, 1.165) is 31.3 Å². The molecule has 2 aromatic rings. The topological polar surface area (TPSA) is 37.2 Å². The molecular weight excluding hydrogens is 337 g/mol. The Labute approximate surface area is 152 Å². The maximum atomic E-state index is 14.0. The van der Waals surface area contributed by atoms with Crippen LogP contribution in [0.1, 0.15) is 41.7 Å². The zero-order chi connectivity index (χ0) is 17.4. The van der Waals surface area contributed by atoms with E-state index in [0.29, 0.717) is 18.9 Å². The molecule has 2 fully saturated rings. The molecule has 0 amide bonds. The minimum atomic E-state index is -0.713. The molecule has 136 valence electrons. The third kappa shape index (κ3) is 3.93. The van der Waals surface area contributed by atoms with Gasteiger partial charge in [0.2, 0.25) is 0 Å². The Hall–Kier alpha value is -1.31. The van der Waals surface area contributed by atoms with Crippen LogP contribution in [-0.2, 0) is 20.1 Å². The van der Waals surface area contributed by atoms with Gasteiger partial charge in [-0.25, -0.2) is 4.39 Å². The first-order valence-corrected chi connectivity index (χ1v) is 9.95. The monoisotopic (exact) mass is 363 g/mol. The largest absolute Gasteiger partial charge is 0.317 e. The molecule has 0 N–H and O–H groups in total. The van der Waals surface area contributed by atoms with Crippen molar-refractivity contribution in [3.63, 3.8) is 0 Å². The molecular formula is C18H26FN5S. The van der Waals surface area contributed by atoms with Crippen molar-refractivity contribution in [1.29, 1.82) is 0 Å². The van der Waals surface area contributed by atoms with Gasteiger partial charge in [0.1, 0.15) is 17.8 Å². The molecule has 0 aromatic carbocycles. The molecule has 4 rings (SSSR count). The van der Waals surface area contributed by atoms with Gasteiger partial charge in [0.25, 0.3) is 0 Å². The van der Waals surface area contributed by atoms with Crippen LogP contribution in [0.25, 0.3) is 0 Å². The minimum Gasteiger partial charge on any atom is -0.317 e. The molecule has 2 aliphatic rings. The lowest BCUT2D eigenvalue weighted by Gasteiger charge is -2.27. The summed E-state index contributed by atoms with van der Waals surface area (Å²) in [4.78, 5) is 5.86. The number of hydrogen-bond donors (Lipinski definition) is 0. The van der Waals surface area contributed by atoms with Crippen molar-refractivity contribution >= 4 is 11.3 Å². The predicted molar refractivity (Wildman–Crippen MR) is 97.3 cm³/mol. The summed E-state index contributed by atoms with van der Waals surface area (Å²) in [7, 11) is 4.16. The molecule has 0 bridgehead atoms. The Bertz CT molecular complexity index is 696. The van der Waals surface area contributed by atoms with Crippen LogP contribution in [0.4, 0.5) is 4.39 Å². The number of rotatable bonds is 7. The zero-order valence-electron chi connectivity index (χ0n) is 14.9. The Morgan fingerprint density at radius 1 is 1.36 bits per heavy atom. The van der Waals surface area contributed by atoms with Crippen molar-refractivity contribution in [2.45, 2.75) is 50.5 Å². The molecule has 1 aliphatic heterocycles. The first kappa shape index (κ1) is 17.1. The number of hydrogen-bond acceptors (Lipinski definition) is 5. The molecule has 25 heavy (non-hydrogen) atoms. The summed E-state index contributed by atoms with van der Waals surface area (Å²) in [6, 6.07) is 4.46.